The van der Waals surface area contributed by atoms with Gasteiger partial charge in [0, 0.05) is 18.6 Å². The number of nitrogens with zero attached hydrogens (tertiary/aromatic N) is 1. The lowest BCUT2D eigenvalue weighted by molar-refractivity contribution is 0.161. The minimum Gasteiger partial charge on any atom is -0.485 e. The highest BCUT2D eigenvalue weighted by atomic mass is 35.5. The standard InChI is InChI=1S/C12H17ClN2O/c1-8-12(7-14-2)16-11-5-4-9(13)6-10(11)15(8)3/h4-6,8,12,14H,7H2,1-3H3. The topological polar surface area (TPSA) is 24.5 Å². The molecular weight excluding hydrogens is 224 g/mol. The number of likely N-dealkylation sites (N-methyl/N-ethyl adjacent to an activating group) is 2. The Hall–Kier alpha value is -0.930. The van der Waals surface area contributed by atoms with E-state index < -0.39 is 0 Å². The van der Waals surface area contributed by atoms with Crippen molar-refractivity contribution in [3.63, 3.8) is 0 Å². The van der Waals surface area contributed by atoms with Crippen molar-refractivity contribution >= 4 is 17.3 Å². The summed E-state index contributed by atoms with van der Waals surface area (Å²) in [6.07, 6.45) is 0.170. The summed E-state index contributed by atoms with van der Waals surface area (Å²) >= 11 is 5.99. The van der Waals surface area contributed by atoms with Crippen LogP contribution in [0, 0.1) is 0 Å². The van der Waals surface area contributed by atoms with E-state index in [4.69, 9.17) is 16.3 Å². The van der Waals surface area contributed by atoms with Crippen molar-refractivity contribution in [1.82, 2.24) is 5.32 Å². The molecule has 1 aliphatic rings. The molecule has 1 aromatic carbocycles. The summed E-state index contributed by atoms with van der Waals surface area (Å²) in [6, 6.07) is 6.07. The zero-order valence-electron chi connectivity index (χ0n) is 9.83. The van der Waals surface area contributed by atoms with E-state index in [2.05, 4.69) is 24.2 Å². The number of benzene rings is 1. The Bertz CT molecular complexity index is 383. The Morgan fingerprint density at radius 3 is 2.94 bits per heavy atom. The molecule has 1 aliphatic heterocycles. The molecular formula is C12H17ClN2O. The highest BCUT2D eigenvalue weighted by molar-refractivity contribution is 6.30. The first-order chi connectivity index (χ1) is 7.63. The van der Waals surface area contributed by atoms with Crippen LogP contribution in [0.4, 0.5) is 5.69 Å². The molecule has 3 nitrogen and oxygen atoms in total. The number of fused-ring (bicyclic) bond motifs is 1. The Balaban J connectivity index is 2.32. The zero-order chi connectivity index (χ0) is 11.7. The van der Waals surface area contributed by atoms with Crippen LogP contribution in [0.25, 0.3) is 0 Å². The second-order valence-electron chi connectivity index (χ2n) is 4.18. The first-order valence-electron chi connectivity index (χ1n) is 5.47. The summed E-state index contributed by atoms with van der Waals surface area (Å²) in [6.45, 7) is 3.00. The fourth-order valence-corrected chi connectivity index (χ4v) is 2.18. The third-order valence-corrected chi connectivity index (χ3v) is 3.37. The smallest absolute Gasteiger partial charge is 0.143 e. The predicted molar refractivity (Wildman–Crippen MR) is 67.7 cm³/mol. The van der Waals surface area contributed by atoms with Gasteiger partial charge >= 0.3 is 0 Å². The molecule has 0 spiro atoms. The van der Waals surface area contributed by atoms with Crippen LogP contribution in [-0.4, -0.2) is 32.8 Å². The second-order valence-corrected chi connectivity index (χ2v) is 4.61. The van der Waals surface area contributed by atoms with E-state index in [0.717, 1.165) is 23.0 Å². The Morgan fingerprint density at radius 2 is 2.25 bits per heavy atom. The molecule has 2 unspecified atom stereocenters. The summed E-state index contributed by atoms with van der Waals surface area (Å²) in [5.74, 6) is 0.908. The molecule has 0 amide bonds. The molecule has 88 valence electrons. The number of hydrogen-bond acceptors (Lipinski definition) is 3. The molecule has 0 fully saturated rings. The zero-order valence-corrected chi connectivity index (χ0v) is 10.6. The molecule has 1 N–H and O–H groups in total. The summed E-state index contributed by atoms with van der Waals surface area (Å²) in [7, 11) is 4.01. The molecule has 0 radical (unpaired) electrons. The van der Waals surface area contributed by atoms with Gasteiger partial charge in [0.2, 0.25) is 0 Å². The molecule has 0 bridgehead atoms. The van der Waals surface area contributed by atoms with Crippen molar-refractivity contribution in [2.24, 2.45) is 0 Å². The second kappa shape index (κ2) is 4.52. The number of hydrogen-bond donors (Lipinski definition) is 1. The van der Waals surface area contributed by atoms with E-state index in [1.807, 2.05) is 25.2 Å². The van der Waals surface area contributed by atoms with Gasteiger partial charge in [-0.15, -0.1) is 0 Å². The summed E-state index contributed by atoms with van der Waals surface area (Å²) in [4.78, 5) is 2.22. The van der Waals surface area contributed by atoms with Crippen LogP contribution in [0.2, 0.25) is 5.02 Å². The molecule has 0 saturated carbocycles. The van der Waals surface area contributed by atoms with Crippen molar-refractivity contribution in [1.29, 1.82) is 0 Å². The normalized spacial score (nSPS) is 23.9. The first kappa shape index (κ1) is 11.6. The molecule has 0 saturated heterocycles. The first-order valence-corrected chi connectivity index (χ1v) is 5.85. The predicted octanol–water partition coefficient (Wildman–Crippen LogP) is 2.15. The number of anilines is 1. The van der Waals surface area contributed by atoms with Gasteiger partial charge in [0.05, 0.1) is 11.7 Å². The maximum Gasteiger partial charge on any atom is 0.143 e. The lowest BCUT2D eigenvalue weighted by Crippen LogP contribution is -2.50. The van der Waals surface area contributed by atoms with Gasteiger partial charge in [-0.1, -0.05) is 11.6 Å². The fraction of sp³-hybridized carbons (Fsp3) is 0.500. The van der Waals surface area contributed by atoms with Gasteiger partial charge in [0.1, 0.15) is 11.9 Å². The van der Waals surface area contributed by atoms with E-state index in [1.54, 1.807) is 0 Å². The van der Waals surface area contributed by atoms with Crippen molar-refractivity contribution in [3.8, 4) is 5.75 Å². The van der Waals surface area contributed by atoms with Gasteiger partial charge in [-0.2, -0.15) is 0 Å². The van der Waals surface area contributed by atoms with Crippen LogP contribution in [-0.2, 0) is 0 Å². The average molecular weight is 241 g/mol. The van der Waals surface area contributed by atoms with Crippen LogP contribution in [0.3, 0.4) is 0 Å². The molecule has 4 heteroatoms. The maximum absolute atomic E-state index is 5.99. The van der Waals surface area contributed by atoms with Gasteiger partial charge in [-0.05, 0) is 32.2 Å². The monoisotopic (exact) mass is 240 g/mol. The number of halogens is 1. The molecule has 1 heterocycles. The van der Waals surface area contributed by atoms with Crippen molar-refractivity contribution in [2.45, 2.75) is 19.1 Å². The quantitative estimate of drug-likeness (QED) is 0.857. The molecule has 1 aromatic rings. The minimum atomic E-state index is 0.170. The average Bonchev–Trinajstić information content (AvgIpc) is 2.27. The SMILES string of the molecule is CNCC1Oc2ccc(Cl)cc2N(C)C1C. The number of ether oxygens (including phenoxy) is 1. The van der Waals surface area contributed by atoms with Crippen LogP contribution in [0.5, 0.6) is 5.75 Å². The largest absolute Gasteiger partial charge is 0.485 e. The Labute approximate surface area is 101 Å². The van der Waals surface area contributed by atoms with E-state index in [0.29, 0.717) is 6.04 Å². The van der Waals surface area contributed by atoms with E-state index in [1.165, 1.54) is 0 Å². The van der Waals surface area contributed by atoms with Crippen molar-refractivity contribution in [2.75, 3.05) is 25.5 Å². The molecule has 16 heavy (non-hydrogen) atoms. The summed E-state index contributed by atoms with van der Waals surface area (Å²) in [5, 5.41) is 3.90. The van der Waals surface area contributed by atoms with E-state index >= 15 is 0 Å². The number of rotatable bonds is 2. The molecule has 0 aliphatic carbocycles. The summed E-state index contributed by atoms with van der Waals surface area (Å²) in [5.41, 5.74) is 1.06. The molecule has 2 atom stereocenters. The van der Waals surface area contributed by atoms with Gasteiger partial charge in [0.15, 0.2) is 0 Å². The lowest BCUT2D eigenvalue weighted by atomic mass is 10.1. The van der Waals surface area contributed by atoms with Crippen molar-refractivity contribution in [3.05, 3.63) is 23.2 Å². The Kier molecular flexibility index (Phi) is 3.26. The third-order valence-electron chi connectivity index (χ3n) is 3.13. The maximum atomic E-state index is 5.99. The lowest BCUT2D eigenvalue weighted by Gasteiger charge is -2.39. The van der Waals surface area contributed by atoms with Gasteiger partial charge in [-0.3, -0.25) is 0 Å². The summed E-state index contributed by atoms with van der Waals surface area (Å²) < 4.78 is 5.95. The van der Waals surface area contributed by atoms with Crippen molar-refractivity contribution < 1.29 is 4.74 Å². The molecule has 0 aromatic heterocycles. The minimum absolute atomic E-state index is 0.170. The highest BCUT2D eigenvalue weighted by Crippen LogP contribution is 2.36. The third kappa shape index (κ3) is 1.97. The van der Waals surface area contributed by atoms with E-state index in [9.17, 15) is 0 Å². The van der Waals surface area contributed by atoms with Gasteiger partial charge in [-0.25, -0.2) is 0 Å². The Morgan fingerprint density at radius 1 is 1.50 bits per heavy atom. The van der Waals surface area contributed by atoms with Crippen LogP contribution in [0.15, 0.2) is 18.2 Å². The van der Waals surface area contributed by atoms with Crippen LogP contribution < -0.4 is 15.0 Å². The van der Waals surface area contributed by atoms with Gasteiger partial charge in [0.25, 0.3) is 0 Å². The fourth-order valence-electron chi connectivity index (χ4n) is 2.01. The molecule has 2 rings (SSSR count). The van der Waals surface area contributed by atoms with E-state index in [-0.39, 0.29) is 6.10 Å². The van der Waals surface area contributed by atoms with Gasteiger partial charge < -0.3 is 15.0 Å². The van der Waals surface area contributed by atoms with Crippen LogP contribution in [0.1, 0.15) is 6.92 Å². The van der Waals surface area contributed by atoms with Crippen LogP contribution >= 0.6 is 11.6 Å². The highest BCUT2D eigenvalue weighted by Gasteiger charge is 2.30. The number of nitrogens with one attached hydrogen (secondary N) is 1.